The average Bonchev–Trinajstić information content (AvgIpc) is 2.96. The van der Waals surface area contributed by atoms with Gasteiger partial charge in [0.15, 0.2) is 0 Å². The molecular weight excluding hydrogens is 313 g/mol. The number of hydrogen-bond acceptors (Lipinski definition) is 4. The number of nitrogens with one attached hydrogen (secondary N) is 1. The minimum atomic E-state index is -0.295. The van der Waals surface area contributed by atoms with Crippen LogP contribution in [0.5, 0.6) is 0 Å². The molecule has 3 rings (SSSR count). The topological polar surface area (TPSA) is 54.9 Å². The quantitative estimate of drug-likeness (QED) is 0.797. The molecule has 0 aliphatic rings. The van der Waals surface area contributed by atoms with Gasteiger partial charge in [-0.05, 0) is 42.8 Å². The van der Waals surface area contributed by atoms with Gasteiger partial charge in [-0.2, -0.15) is 0 Å². The van der Waals surface area contributed by atoms with E-state index >= 15 is 0 Å². The van der Waals surface area contributed by atoms with E-state index in [9.17, 15) is 9.18 Å². The Kier molecular flexibility index (Phi) is 4.43. The largest absolute Gasteiger partial charge is 0.347 e. The van der Waals surface area contributed by atoms with E-state index in [4.69, 9.17) is 0 Å². The van der Waals surface area contributed by atoms with Gasteiger partial charge in [0.05, 0.1) is 0 Å². The van der Waals surface area contributed by atoms with Gasteiger partial charge in [0.2, 0.25) is 0 Å². The van der Waals surface area contributed by atoms with Crippen LogP contribution in [0.3, 0.4) is 0 Å². The van der Waals surface area contributed by atoms with Crippen molar-refractivity contribution in [3.05, 3.63) is 70.7 Å². The summed E-state index contributed by atoms with van der Waals surface area (Å²) >= 11 is 1.42. The van der Waals surface area contributed by atoms with Crippen LogP contribution < -0.4 is 5.32 Å². The molecule has 0 spiro atoms. The lowest BCUT2D eigenvalue weighted by molar-refractivity contribution is 0.0946. The summed E-state index contributed by atoms with van der Waals surface area (Å²) in [5.41, 5.74) is 2.12. The number of benzene rings is 1. The highest BCUT2D eigenvalue weighted by atomic mass is 32.1. The molecule has 1 N–H and O–H groups in total. The third-order valence-corrected chi connectivity index (χ3v) is 4.30. The van der Waals surface area contributed by atoms with Crippen molar-refractivity contribution in [2.24, 2.45) is 0 Å². The molecule has 1 amide bonds. The molecule has 2 heterocycles. The van der Waals surface area contributed by atoms with Crippen molar-refractivity contribution in [3.63, 3.8) is 0 Å². The molecular formula is C17H14FN3OS. The molecule has 0 aliphatic heterocycles. The Morgan fingerprint density at radius 3 is 2.74 bits per heavy atom. The van der Waals surface area contributed by atoms with Crippen LogP contribution in [0, 0.1) is 12.7 Å². The zero-order valence-corrected chi connectivity index (χ0v) is 13.2. The van der Waals surface area contributed by atoms with Gasteiger partial charge in [-0.25, -0.2) is 9.37 Å². The van der Waals surface area contributed by atoms with Crippen LogP contribution in [0.4, 0.5) is 4.39 Å². The maximum absolute atomic E-state index is 13.0. The molecule has 116 valence electrons. The number of nitrogens with zero attached hydrogens (tertiary/aromatic N) is 2. The first kappa shape index (κ1) is 15.3. The predicted molar refractivity (Wildman–Crippen MR) is 87.7 cm³/mol. The summed E-state index contributed by atoms with van der Waals surface area (Å²) in [6, 6.07) is 9.80. The second kappa shape index (κ2) is 6.66. The Morgan fingerprint density at radius 2 is 2.04 bits per heavy atom. The maximum Gasteiger partial charge on any atom is 0.271 e. The summed E-state index contributed by atoms with van der Waals surface area (Å²) < 4.78 is 13.0. The SMILES string of the molecule is Cc1sc(-c2ccc(F)cc2)nc1C(=O)NCc1cccnc1. The van der Waals surface area contributed by atoms with Crippen LogP contribution in [0.25, 0.3) is 10.6 Å². The fraction of sp³-hybridized carbons (Fsp3) is 0.118. The van der Waals surface area contributed by atoms with Gasteiger partial charge in [-0.1, -0.05) is 6.07 Å². The Balaban J connectivity index is 1.75. The van der Waals surface area contributed by atoms with Gasteiger partial charge in [0.25, 0.3) is 5.91 Å². The Morgan fingerprint density at radius 1 is 1.26 bits per heavy atom. The van der Waals surface area contributed by atoms with Crippen molar-refractivity contribution in [2.75, 3.05) is 0 Å². The fourth-order valence-electron chi connectivity index (χ4n) is 2.09. The molecule has 2 aromatic heterocycles. The number of thiazole rings is 1. The van der Waals surface area contributed by atoms with Gasteiger partial charge in [-0.15, -0.1) is 11.3 Å². The Bertz CT molecular complexity index is 816. The summed E-state index contributed by atoms with van der Waals surface area (Å²) in [7, 11) is 0. The van der Waals surface area contributed by atoms with Gasteiger partial charge in [0, 0.05) is 29.4 Å². The normalized spacial score (nSPS) is 10.5. The first-order chi connectivity index (χ1) is 11.1. The second-order valence-corrected chi connectivity index (χ2v) is 6.18. The molecule has 0 aliphatic carbocycles. The summed E-state index contributed by atoms with van der Waals surface area (Å²) in [5.74, 6) is -0.521. The lowest BCUT2D eigenvalue weighted by Gasteiger charge is -2.03. The highest BCUT2D eigenvalue weighted by Gasteiger charge is 2.16. The fourth-order valence-corrected chi connectivity index (χ4v) is 3.01. The molecule has 0 bridgehead atoms. The second-order valence-electron chi connectivity index (χ2n) is 4.97. The zero-order chi connectivity index (χ0) is 16.2. The highest BCUT2D eigenvalue weighted by molar-refractivity contribution is 7.15. The first-order valence-corrected chi connectivity index (χ1v) is 7.85. The number of carbonyl (C=O) groups is 1. The third kappa shape index (κ3) is 3.60. The van der Waals surface area contributed by atoms with Crippen LogP contribution in [0.15, 0.2) is 48.8 Å². The smallest absolute Gasteiger partial charge is 0.271 e. The molecule has 6 heteroatoms. The number of amides is 1. The first-order valence-electron chi connectivity index (χ1n) is 7.04. The van der Waals surface area contributed by atoms with E-state index in [1.54, 1.807) is 24.5 Å². The third-order valence-electron chi connectivity index (χ3n) is 3.28. The van der Waals surface area contributed by atoms with E-state index in [0.29, 0.717) is 17.2 Å². The molecule has 1 aromatic carbocycles. The number of rotatable bonds is 4. The Hall–Kier alpha value is -2.60. The molecule has 0 atom stereocenters. The van der Waals surface area contributed by atoms with Crippen molar-refractivity contribution in [1.29, 1.82) is 0 Å². The molecule has 4 nitrogen and oxygen atoms in total. The van der Waals surface area contributed by atoms with Crippen LogP contribution in [-0.2, 0) is 6.54 Å². The molecule has 23 heavy (non-hydrogen) atoms. The van der Waals surface area contributed by atoms with Crippen LogP contribution in [-0.4, -0.2) is 15.9 Å². The molecule has 0 radical (unpaired) electrons. The summed E-state index contributed by atoms with van der Waals surface area (Å²) in [6.07, 6.45) is 3.39. The molecule has 0 saturated carbocycles. The van der Waals surface area contributed by atoms with Gasteiger partial charge in [0.1, 0.15) is 16.5 Å². The average molecular weight is 327 g/mol. The lowest BCUT2D eigenvalue weighted by Crippen LogP contribution is -2.23. The monoisotopic (exact) mass is 327 g/mol. The number of carbonyl (C=O) groups excluding carboxylic acids is 1. The number of aryl methyl sites for hydroxylation is 1. The van der Waals surface area contributed by atoms with E-state index in [-0.39, 0.29) is 11.7 Å². The van der Waals surface area contributed by atoms with Crippen molar-refractivity contribution in [2.45, 2.75) is 13.5 Å². The van der Waals surface area contributed by atoms with Crippen molar-refractivity contribution in [3.8, 4) is 10.6 Å². The molecule has 0 unspecified atom stereocenters. The number of aromatic nitrogens is 2. The summed E-state index contributed by atoms with van der Waals surface area (Å²) in [5, 5.41) is 3.54. The van der Waals surface area contributed by atoms with E-state index < -0.39 is 0 Å². The van der Waals surface area contributed by atoms with E-state index in [0.717, 1.165) is 16.0 Å². The molecule has 0 fully saturated rings. The van der Waals surface area contributed by atoms with Crippen LogP contribution in [0.2, 0.25) is 0 Å². The van der Waals surface area contributed by atoms with Crippen molar-refractivity contribution in [1.82, 2.24) is 15.3 Å². The highest BCUT2D eigenvalue weighted by Crippen LogP contribution is 2.27. The number of halogens is 1. The van der Waals surface area contributed by atoms with Crippen LogP contribution in [0.1, 0.15) is 20.9 Å². The van der Waals surface area contributed by atoms with E-state index in [2.05, 4.69) is 15.3 Å². The van der Waals surface area contributed by atoms with Gasteiger partial charge in [-0.3, -0.25) is 9.78 Å². The lowest BCUT2D eigenvalue weighted by atomic mass is 10.2. The maximum atomic E-state index is 13.0. The Labute approximate surface area is 137 Å². The van der Waals surface area contributed by atoms with Gasteiger partial charge < -0.3 is 5.32 Å². The molecule has 0 saturated heterocycles. The van der Waals surface area contributed by atoms with E-state index in [1.807, 2.05) is 19.1 Å². The standard InChI is InChI=1S/C17H14FN3OS/c1-11-15(16(22)20-10-12-3-2-8-19-9-12)21-17(23-11)13-4-6-14(18)7-5-13/h2-9H,10H2,1H3,(H,20,22). The minimum Gasteiger partial charge on any atom is -0.347 e. The zero-order valence-electron chi connectivity index (χ0n) is 12.4. The predicted octanol–water partition coefficient (Wildman–Crippen LogP) is 3.58. The minimum absolute atomic E-state index is 0.226. The number of pyridine rings is 1. The van der Waals surface area contributed by atoms with Crippen LogP contribution >= 0.6 is 11.3 Å². The molecule has 3 aromatic rings. The van der Waals surface area contributed by atoms with Crippen molar-refractivity contribution >= 4 is 17.2 Å². The van der Waals surface area contributed by atoms with E-state index in [1.165, 1.54) is 23.5 Å². The number of hydrogen-bond donors (Lipinski definition) is 1. The summed E-state index contributed by atoms with van der Waals surface area (Å²) in [4.78, 5) is 21.5. The van der Waals surface area contributed by atoms with Gasteiger partial charge >= 0.3 is 0 Å². The van der Waals surface area contributed by atoms with Crippen molar-refractivity contribution < 1.29 is 9.18 Å². The summed E-state index contributed by atoms with van der Waals surface area (Å²) in [6.45, 7) is 2.25.